The van der Waals surface area contributed by atoms with Crippen molar-refractivity contribution in [2.45, 2.75) is 110 Å². The standard InChI is InChI=1S/C37H53N5O8/c1-22(2)19-27(41-36(49)50-37(6,7)8)33(45)42-30(23(3)4)34(46)40-29(21-26-17-13-10-14-18-26)32(44)39-28(20-25-15-11-9-12-16-25)31(43)38-24(5)35(47)48/h9-18,22-24,27-30H,19-21H2,1-8H3,(H,38,43)(H,39,44)(H,40,46)(H,41,49)(H,42,45)(H,47,48)/t24-,27-,28-,29-,30-/m0/s1. The summed E-state index contributed by atoms with van der Waals surface area (Å²) >= 11 is 0. The molecule has 5 atom stereocenters. The fourth-order valence-electron chi connectivity index (χ4n) is 4.97. The molecule has 0 radical (unpaired) electrons. The molecular weight excluding hydrogens is 642 g/mol. The van der Waals surface area contributed by atoms with Crippen LogP contribution >= 0.6 is 0 Å². The molecule has 0 aromatic heterocycles. The average Bonchev–Trinajstić information content (AvgIpc) is 3.02. The van der Waals surface area contributed by atoms with Gasteiger partial charge >= 0.3 is 12.1 Å². The van der Waals surface area contributed by atoms with E-state index in [0.29, 0.717) is 0 Å². The number of carboxylic acids is 1. The van der Waals surface area contributed by atoms with Gasteiger partial charge in [0.1, 0.15) is 35.8 Å². The third-order valence-corrected chi connectivity index (χ3v) is 7.52. The Morgan fingerprint density at radius 1 is 0.620 bits per heavy atom. The fraction of sp³-hybridized carbons (Fsp3) is 0.514. The second kappa shape index (κ2) is 19.3. The van der Waals surface area contributed by atoms with E-state index >= 15 is 0 Å². The van der Waals surface area contributed by atoms with Gasteiger partial charge in [-0.2, -0.15) is 0 Å². The molecule has 0 aliphatic heterocycles. The molecule has 2 aromatic rings. The summed E-state index contributed by atoms with van der Waals surface area (Å²) in [6, 6.07) is 12.2. The highest BCUT2D eigenvalue weighted by molar-refractivity contribution is 5.96. The summed E-state index contributed by atoms with van der Waals surface area (Å²) in [5.41, 5.74) is 0.658. The molecule has 5 amide bonds. The zero-order valence-corrected chi connectivity index (χ0v) is 30.2. The van der Waals surface area contributed by atoms with Crippen molar-refractivity contribution in [2.75, 3.05) is 0 Å². The highest BCUT2D eigenvalue weighted by Gasteiger charge is 2.34. The number of carbonyl (C=O) groups is 6. The molecule has 13 nitrogen and oxygen atoms in total. The summed E-state index contributed by atoms with van der Waals surface area (Å²) < 4.78 is 5.34. The number of rotatable bonds is 17. The van der Waals surface area contributed by atoms with Gasteiger partial charge in [0.15, 0.2) is 0 Å². The molecule has 274 valence electrons. The summed E-state index contributed by atoms with van der Waals surface area (Å²) in [4.78, 5) is 78.5. The Morgan fingerprint density at radius 3 is 1.48 bits per heavy atom. The van der Waals surface area contributed by atoms with E-state index in [1.54, 1.807) is 89.2 Å². The van der Waals surface area contributed by atoms with Crippen molar-refractivity contribution in [1.29, 1.82) is 0 Å². The number of hydrogen-bond donors (Lipinski definition) is 6. The van der Waals surface area contributed by atoms with E-state index < -0.39 is 77.4 Å². The number of alkyl carbamates (subject to hydrolysis) is 1. The minimum absolute atomic E-state index is 0.0190. The highest BCUT2D eigenvalue weighted by Crippen LogP contribution is 2.13. The van der Waals surface area contributed by atoms with Crippen LogP contribution in [0, 0.1) is 11.8 Å². The lowest BCUT2D eigenvalue weighted by atomic mass is 9.98. The Hall–Kier alpha value is -4.94. The van der Waals surface area contributed by atoms with Crippen molar-refractivity contribution in [3.63, 3.8) is 0 Å². The molecule has 0 bridgehead atoms. The lowest BCUT2D eigenvalue weighted by Gasteiger charge is -2.29. The van der Waals surface area contributed by atoms with E-state index in [9.17, 15) is 33.9 Å². The van der Waals surface area contributed by atoms with Crippen molar-refractivity contribution >= 4 is 35.7 Å². The number of benzene rings is 2. The van der Waals surface area contributed by atoms with Gasteiger partial charge in [0.05, 0.1) is 0 Å². The maximum absolute atomic E-state index is 13.9. The van der Waals surface area contributed by atoms with Gasteiger partial charge in [-0.25, -0.2) is 4.79 Å². The van der Waals surface area contributed by atoms with Crippen molar-refractivity contribution < 1.29 is 38.6 Å². The number of amides is 5. The molecule has 2 rings (SSSR count). The first-order valence-electron chi connectivity index (χ1n) is 16.9. The second-order valence-electron chi connectivity index (χ2n) is 14.1. The van der Waals surface area contributed by atoms with Gasteiger partial charge in [0.25, 0.3) is 0 Å². The molecule has 2 aromatic carbocycles. The number of carbonyl (C=O) groups excluding carboxylic acids is 5. The molecule has 0 aliphatic carbocycles. The van der Waals surface area contributed by atoms with E-state index in [1.165, 1.54) is 6.92 Å². The minimum Gasteiger partial charge on any atom is -0.480 e. The maximum Gasteiger partial charge on any atom is 0.408 e. The first-order chi connectivity index (χ1) is 23.4. The molecule has 0 spiro atoms. The van der Waals surface area contributed by atoms with Crippen LogP contribution in [0.2, 0.25) is 0 Å². The van der Waals surface area contributed by atoms with Crippen LogP contribution in [0.15, 0.2) is 60.7 Å². The Balaban J connectivity index is 2.35. The van der Waals surface area contributed by atoms with Crippen molar-refractivity contribution in [3.8, 4) is 0 Å². The number of hydrogen-bond acceptors (Lipinski definition) is 7. The molecule has 0 heterocycles. The lowest BCUT2D eigenvalue weighted by molar-refractivity contribution is -0.141. The molecule has 50 heavy (non-hydrogen) atoms. The Bertz CT molecular complexity index is 1440. The first kappa shape index (κ1) is 41.2. The number of aliphatic carboxylic acids is 1. The smallest absolute Gasteiger partial charge is 0.408 e. The van der Waals surface area contributed by atoms with Gasteiger partial charge in [-0.15, -0.1) is 0 Å². The van der Waals surface area contributed by atoms with Gasteiger partial charge in [0.2, 0.25) is 23.6 Å². The Kier molecular flexibility index (Phi) is 15.9. The maximum atomic E-state index is 13.9. The SMILES string of the molecule is CC(C)C[C@H](NC(=O)OC(C)(C)C)C(=O)N[C@H](C(=O)N[C@@H](Cc1ccccc1)C(=O)N[C@@H](Cc1ccccc1)C(=O)N[C@@H](C)C(=O)O)C(C)C. The summed E-state index contributed by atoms with van der Waals surface area (Å²) in [6.07, 6.45) is -0.376. The summed E-state index contributed by atoms with van der Waals surface area (Å²) in [6.45, 7) is 13.7. The van der Waals surface area contributed by atoms with Gasteiger partial charge in [0, 0.05) is 12.8 Å². The van der Waals surface area contributed by atoms with Crippen molar-refractivity contribution in [1.82, 2.24) is 26.6 Å². The average molecular weight is 696 g/mol. The van der Waals surface area contributed by atoms with Crippen LogP contribution in [0.4, 0.5) is 4.79 Å². The third-order valence-electron chi connectivity index (χ3n) is 7.52. The second-order valence-corrected chi connectivity index (χ2v) is 14.1. The predicted octanol–water partition coefficient (Wildman–Crippen LogP) is 3.11. The zero-order chi connectivity index (χ0) is 37.6. The van der Waals surface area contributed by atoms with E-state index in [0.717, 1.165) is 11.1 Å². The molecule has 0 aliphatic rings. The molecule has 6 N–H and O–H groups in total. The molecule has 0 unspecified atom stereocenters. The highest BCUT2D eigenvalue weighted by atomic mass is 16.6. The molecule has 0 saturated carbocycles. The van der Waals surface area contributed by atoms with Gasteiger partial charge < -0.3 is 36.4 Å². The third kappa shape index (κ3) is 14.7. The molecule has 13 heteroatoms. The van der Waals surface area contributed by atoms with Crippen LogP contribution < -0.4 is 26.6 Å². The molecular formula is C37H53N5O8. The summed E-state index contributed by atoms with van der Waals surface area (Å²) in [5, 5.41) is 22.6. The Morgan fingerprint density at radius 2 is 1.06 bits per heavy atom. The normalized spacial score (nSPS) is 14.4. The number of nitrogens with one attached hydrogen (secondary N) is 5. The monoisotopic (exact) mass is 695 g/mol. The van der Waals surface area contributed by atoms with Crippen LogP contribution in [0.1, 0.15) is 72.9 Å². The van der Waals surface area contributed by atoms with E-state index in [-0.39, 0.29) is 25.2 Å². The van der Waals surface area contributed by atoms with Crippen molar-refractivity contribution in [3.05, 3.63) is 71.8 Å². The largest absolute Gasteiger partial charge is 0.480 e. The topological polar surface area (TPSA) is 192 Å². The lowest BCUT2D eigenvalue weighted by Crippen LogP contribution is -2.60. The number of ether oxygens (including phenoxy) is 1. The predicted molar refractivity (Wildman–Crippen MR) is 189 cm³/mol. The van der Waals surface area contributed by atoms with Gasteiger partial charge in [-0.05, 0) is 57.1 Å². The minimum atomic E-state index is -1.24. The molecule has 0 saturated heterocycles. The van der Waals surface area contributed by atoms with Crippen LogP contribution in [-0.2, 0) is 41.6 Å². The van der Waals surface area contributed by atoms with E-state index in [2.05, 4.69) is 26.6 Å². The first-order valence-corrected chi connectivity index (χ1v) is 16.9. The Labute approximate surface area is 294 Å². The summed E-state index contributed by atoms with van der Waals surface area (Å²) in [5.74, 6) is -4.26. The quantitative estimate of drug-likeness (QED) is 0.145. The summed E-state index contributed by atoms with van der Waals surface area (Å²) in [7, 11) is 0. The zero-order valence-electron chi connectivity index (χ0n) is 30.2. The van der Waals surface area contributed by atoms with Gasteiger partial charge in [-0.3, -0.25) is 24.0 Å². The van der Waals surface area contributed by atoms with E-state index in [1.807, 2.05) is 19.9 Å². The van der Waals surface area contributed by atoms with E-state index in [4.69, 9.17) is 4.74 Å². The van der Waals surface area contributed by atoms with Crippen molar-refractivity contribution in [2.24, 2.45) is 11.8 Å². The van der Waals surface area contributed by atoms with Crippen LogP contribution in [-0.4, -0.2) is 76.6 Å². The van der Waals surface area contributed by atoms with Crippen LogP contribution in [0.3, 0.4) is 0 Å². The van der Waals surface area contributed by atoms with Crippen LogP contribution in [0.5, 0.6) is 0 Å². The molecule has 0 fully saturated rings. The van der Waals surface area contributed by atoms with Crippen LogP contribution in [0.25, 0.3) is 0 Å². The van der Waals surface area contributed by atoms with Gasteiger partial charge in [-0.1, -0.05) is 88.4 Å². The fourth-order valence-corrected chi connectivity index (χ4v) is 4.97. The number of carboxylic acid groups (broad SMARTS) is 1.